The van der Waals surface area contributed by atoms with Crippen molar-refractivity contribution in [2.24, 2.45) is 0 Å². The predicted molar refractivity (Wildman–Crippen MR) is 124 cm³/mol. The minimum Gasteiger partial charge on any atom is -0.497 e. The monoisotopic (exact) mass is 419 g/mol. The van der Waals surface area contributed by atoms with E-state index in [1.807, 2.05) is 60.7 Å². The Morgan fingerprint density at radius 2 is 1.16 bits per heavy atom. The molecular formula is C25H25NO5. The molecule has 0 aliphatic heterocycles. The van der Waals surface area contributed by atoms with E-state index in [0.717, 1.165) is 34.9 Å². The molecule has 6 heteroatoms. The second-order valence-electron chi connectivity index (χ2n) is 6.64. The van der Waals surface area contributed by atoms with Crippen LogP contribution in [0.25, 0.3) is 21.5 Å². The molecule has 0 N–H and O–H groups in total. The van der Waals surface area contributed by atoms with Gasteiger partial charge in [0.1, 0.15) is 11.5 Å². The molecule has 0 atom stereocenters. The Hall–Kier alpha value is -3.93. The first kappa shape index (κ1) is 23.3. The number of methoxy groups -OCH3 is 2. The molecule has 160 valence electrons. The smallest absolute Gasteiger partial charge is 0.194 e. The summed E-state index contributed by atoms with van der Waals surface area (Å²) >= 11 is 0. The molecule has 4 aromatic rings. The fraction of sp³-hybridized carbons (Fsp3) is 0.160. The highest BCUT2D eigenvalue weighted by Gasteiger charge is 2.01. The topological polar surface area (TPSA) is 78.7 Å². The normalized spacial score (nSPS) is 9.68. The van der Waals surface area contributed by atoms with E-state index < -0.39 is 4.92 Å². The largest absolute Gasteiger partial charge is 0.497 e. The van der Waals surface area contributed by atoms with E-state index in [1.54, 1.807) is 21.1 Å². The molecule has 0 spiro atoms. The summed E-state index contributed by atoms with van der Waals surface area (Å²) in [6, 6.07) is 25.8. The van der Waals surface area contributed by atoms with Gasteiger partial charge in [-0.25, -0.2) is 0 Å². The average molecular weight is 419 g/mol. The fourth-order valence-electron chi connectivity index (χ4n) is 2.86. The highest BCUT2D eigenvalue weighted by molar-refractivity contribution is 5.98. The molecule has 0 saturated carbocycles. The standard InChI is InChI=1S/C13H12O2.C11H10O.CH3NO2/c1-9(14)10-3-4-12-8-13(15-2)6-5-11(12)7-10;1-12-11-7-6-9-4-2-3-5-10(9)8-11;1-2(3)4/h3-8H,1-2H3;2-8H,1H3;1H3. The molecule has 4 aromatic carbocycles. The summed E-state index contributed by atoms with van der Waals surface area (Å²) in [6.07, 6.45) is 0. The van der Waals surface area contributed by atoms with Crippen molar-refractivity contribution in [2.45, 2.75) is 6.92 Å². The van der Waals surface area contributed by atoms with Crippen LogP contribution in [-0.2, 0) is 0 Å². The molecule has 0 aliphatic carbocycles. The van der Waals surface area contributed by atoms with Gasteiger partial charge in [-0.15, -0.1) is 0 Å². The van der Waals surface area contributed by atoms with Crippen LogP contribution in [0.15, 0.2) is 78.9 Å². The lowest BCUT2D eigenvalue weighted by Gasteiger charge is -2.03. The van der Waals surface area contributed by atoms with Gasteiger partial charge >= 0.3 is 0 Å². The number of carbonyl (C=O) groups excluding carboxylic acids is 1. The molecule has 0 radical (unpaired) electrons. The van der Waals surface area contributed by atoms with E-state index in [4.69, 9.17) is 19.6 Å². The Kier molecular flexibility index (Phi) is 8.52. The Morgan fingerprint density at radius 1 is 0.742 bits per heavy atom. The SMILES string of the molecule is COc1ccc2cc(C(C)=O)ccc2c1.COc1ccc2ccccc2c1.C[N+](=O)[O-]. The van der Waals surface area contributed by atoms with Crippen LogP contribution in [0.5, 0.6) is 11.5 Å². The Bertz CT molecular complexity index is 1180. The molecule has 0 bridgehead atoms. The summed E-state index contributed by atoms with van der Waals surface area (Å²) in [4.78, 5) is 19.5. The molecular weight excluding hydrogens is 394 g/mol. The lowest BCUT2D eigenvalue weighted by molar-refractivity contribution is -0.445. The maximum atomic E-state index is 11.2. The third-order valence-electron chi connectivity index (χ3n) is 4.41. The van der Waals surface area contributed by atoms with Crippen molar-refractivity contribution >= 4 is 27.3 Å². The lowest BCUT2D eigenvalue weighted by Crippen LogP contribution is -1.91. The van der Waals surface area contributed by atoms with Crippen LogP contribution in [0.2, 0.25) is 0 Å². The highest BCUT2D eigenvalue weighted by atomic mass is 16.6. The van der Waals surface area contributed by atoms with Gasteiger partial charge in [-0.05, 0) is 58.8 Å². The van der Waals surface area contributed by atoms with E-state index in [1.165, 1.54) is 10.8 Å². The zero-order valence-corrected chi connectivity index (χ0v) is 18.0. The lowest BCUT2D eigenvalue weighted by atomic mass is 10.0. The van der Waals surface area contributed by atoms with E-state index in [2.05, 4.69) is 18.2 Å². The molecule has 0 heterocycles. The predicted octanol–water partition coefficient (Wildman–Crippen LogP) is 5.79. The Balaban J connectivity index is 0.000000192. The number of rotatable bonds is 3. The van der Waals surface area contributed by atoms with Gasteiger partial charge in [-0.1, -0.05) is 48.5 Å². The molecule has 31 heavy (non-hydrogen) atoms. The number of hydrogen-bond acceptors (Lipinski definition) is 5. The van der Waals surface area contributed by atoms with Gasteiger partial charge in [-0.2, -0.15) is 0 Å². The first-order valence-electron chi connectivity index (χ1n) is 9.53. The van der Waals surface area contributed by atoms with Crippen molar-refractivity contribution in [3.05, 3.63) is 94.5 Å². The fourth-order valence-corrected chi connectivity index (χ4v) is 2.86. The van der Waals surface area contributed by atoms with Gasteiger partial charge in [0, 0.05) is 10.5 Å². The van der Waals surface area contributed by atoms with Crippen LogP contribution in [0, 0.1) is 10.1 Å². The highest BCUT2D eigenvalue weighted by Crippen LogP contribution is 2.22. The van der Waals surface area contributed by atoms with Crippen LogP contribution in [0.3, 0.4) is 0 Å². The number of ether oxygens (including phenoxy) is 2. The molecule has 0 aromatic heterocycles. The third kappa shape index (κ3) is 7.12. The summed E-state index contributed by atoms with van der Waals surface area (Å²) < 4.78 is 10.3. The van der Waals surface area contributed by atoms with Gasteiger partial charge in [0.25, 0.3) is 0 Å². The summed E-state index contributed by atoms with van der Waals surface area (Å²) in [7, 11) is 4.22. The first-order valence-corrected chi connectivity index (χ1v) is 9.53. The Morgan fingerprint density at radius 3 is 1.68 bits per heavy atom. The maximum Gasteiger partial charge on any atom is 0.194 e. The van der Waals surface area contributed by atoms with E-state index >= 15 is 0 Å². The number of fused-ring (bicyclic) bond motifs is 2. The summed E-state index contributed by atoms with van der Waals surface area (Å²) in [6.45, 7) is 1.57. The third-order valence-corrected chi connectivity index (χ3v) is 4.41. The van der Waals surface area contributed by atoms with Gasteiger partial charge < -0.3 is 9.47 Å². The number of benzene rings is 4. The number of nitrogens with zero attached hydrogens (tertiary/aromatic N) is 1. The molecule has 6 nitrogen and oxygen atoms in total. The number of ketones is 1. The van der Waals surface area contributed by atoms with E-state index in [0.29, 0.717) is 0 Å². The van der Waals surface area contributed by atoms with Crippen LogP contribution < -0.4 is 9.47 Å². The number of hydrogen-bond donors (Lipinski definition) is 0. The van der Waals surface area contributed by atoms with Crippen molar-refractivity contribution in [3.63, 3.8) is 0 Å². The van der Waals surface area contributed by atoms with Crippen molar-refractivity contribution < 1.29 is 19.2 Å². The summed E-state index contributed by atoms with van der Waals surface area (Å²) in [5, 5.41) is 13.4. The Labute approximate surface area is 181 Å². The molecule has 4 rings (SSSR count). The van der Waals surface area contributed by atoms with Crippen LogP contribution >= 0.6 is 0 Å². The van der Waals surface area contributed by atoms with E-state index in [-0.39, 0.29) is 5.78 Å². The van der Waals surface area contributed by atoms with Gasteiger partial charge in [-0.3, -0.25) is 14.9 Å². The van der Waals surface area contributed by atoms with Crippen LogP contribution in [0.4, 0.5) is 0 Å². The number of nitro groups is 1. The second-order valence-corrected chi connectivity index (χ2v) is 6.64. The molecule has 0 aliphatic rings. The number of carbonyl (C=O) groups is 1. The maximum absolute atomic E-state index is 11.2. The minimum absolute atomic E-state index is 0.0905. The summed E-state index contributed by atoms with van der Waals surface area (Å²) in [5.74, 6) is 1.83. The number of Topliss-reactive ketones (excluding diaryl/α,β-unsaturated/α-hetero) is 1. The molecule has 0 fully saturated rings. The zero-order chi connectivity index (χ0) is 22.8. The van der Waals surface area contributed by atoms with Crippen molar-refractivity contribution in [1.82, 2.24) is 0 Å². The molecule has 0 saturated heterocycles. The average Bonchev–Trinajstić information content (AvgIpc) is 2.78. The van der Waals surface area contributed by atoms with Gasteiger partial charge in [0.15, 0.2) is 12.8 Å². The van der Waals surface area contributed by atoms with Crippen LogP contribution in [-0.4, -0.2) is 32.0 Å². The van der Waals surface area contributed by atoms with Crippen molar-refractivity contribution in [1.29, 1.82) is 0 Å². The molecule has 0 unspecified atom stereocenters. The van der Waals surface area contributed by atoms with Gasteiger partial charge in [0.05, 0.1) is 14.2 Å². The van der Waals surface area contributed by atoms with Crippen molar-refractivity contribution in [2.75, 3.05) is 21.3 Å². The minimum atomic E-state index is -0.500. The first-order chi connectivity index (χ1) is 14.8. The quantitative estimate of drug-likeness (QED) is 0.238. The van der Waals surface area contributed by atoms with Crippen molar-refractivity contribution in [3.8, 4) is 11.5 Å². The molecule has 0 amide bonds. The van der Waals surface area contributed by atoms with E-state index in [9.17, 15) is 4.79 Å². The summed E-state index contributed by atoms with van der Waals surface area (Å²) in [5.41, 5.74) is 0.743. The zero-order valence-electron chi connectivity index (χ0n) is 18.0. The second kappa shape index (κ2) is 11.3. The van der Waals surface area contributed by atoms with Crippen LogP contribution in [0.1, 0.15) is 17.3 Å². The van der Waals surface area contributed by atoms with Gasteiger partial charge in [0.2, 0.25) is 0 Å².